The van der Waals surface area contributed by atoms with E-state index in [4.69, 9.17) is 4.74 Å². The second kappa shape index (κ2) is 8.36. The van der Waals surface area contributed by atoms with E-state index in [1.165, 1.54) is 4.57 Å². The molecular formula is C18H19N3O4S. The molecule has 0 amide bonds. The highest BCUT2D eigenvalue weighted by Crippen LogP contribution is 2.17. The molecule has 0 aliphatic heterocycles. The number of rotatable bonds is 5. The monoisotopic (exact) mass is 373 g/mol. The zero-order chi connectivity index (χ0) is 19.3. The van der Waals surface area contributed by atoms with E-state index < -0.39 is 5.97 Å². The number of hydrogen-bond donors (Lipinski definition) is 1. The lowest BCUT2D eigenvalue weighted by molar-refractivity contribution is -0.136. The van der Waals surface area contributed by atoms with Crippen LogP contribution in [0.2, 0.25) is 0 Å². The number of nitrogens with zero attached hydrogens (tertiary/aromatic N) is 3. The first-order chi connectivity index (χ1) is 12.4. The standard InChI is InChI=1S/C18H19N3O4S/c1-4-21-16(23)15(11-20(3)12-6-8-13(22)9-7-12)26-17(21)14(10-19)18(24)25-5-2/h6-9,11,22H,4-5H2,1-3H3/b15-11+,17-14-. The molecule has 1 N–H and O–H groups in total. The first-order valence-electron chi connectivity index (χ1n) is 7.97. The SMILES string of the molecule is CCOC(=O)/C(C#N)=c1\s/c(=C/N(C)c2ccc(O)cc2)c(=O)n1CC. The van der Waals surface area contributed by atoms with Crippen LogP contribution < -0.4 is 19.7 Å². The third-order valence-electron chi connectivity index (χ3n) is 3.60. The van der Waals surface area contributed by atoms with E-state index in [1.807, 2.05) is 6.07 Å². The highest BCUT2D eigenvalue weighted by Gasteiger charge is 2.16. The van der Waals surface area contributed by atoms with Crippen molar-refractivity contribution in [1.29, 1.82) is 5.26 Å². The Morgan fingerprint density at radius 3 is 2.58 bits per heavy atom. The van der Waals surface area contributed by atoms with Gasteiger partial charge in [0.05, 0.1) is 6.61 Å². The minimum absolute atomic E-state index is 0.147. The smallest absolute Gasteiger partial charge is 0.351 e. The van der Waals surface area contributed by atoms with E-state index in [9.17, 15) is 20.0 Å². The Morgan fingerprint density at radius 2 is 2.04 bits per heavy atom. The van der Waals surface area contributed by atoms with Crippen LogP contribution in [-0.4, -0.2) is 29.3 Å². The van der Waals surface area contributed by atoms with Crippen LogP contribution in [0.25, 0.3) is 11.8 Å². The fourth-order valence-electron chi connectivity index (χ4n) is 2.31. The van der Waals surface area contributed by atoms with Crippen molar-refractivity contribution in [2.24, 2.45) is 0 Å². The zero-order valence-electron chi connectivity index (χ0n) is 14.7. The third kappa shape index (κ3) is 3.95. The highest BCUT2D eigenvalue weighted by molar-refractivity contribution is 7.07. The number of aromatic nitrogens is 1. The summed E-state index contributed by atoms with van der Waals surface area (Å²) in [5.41, 5.74) is 0.313. The number of phenols is 1. The first kappa shape index (κ1) is 19.3. The van der Waals surface area contributed by atoms with Gasteiger partial charge in [-0.2, -0.15) is 5.26 Å². The summed E-state index contributed by atoms with van der Waals surface area (Å²) in [7, 11) is 1.77. The molecule has 0 aliphatic rings. The Labute approximate surface area is 154 Å². The van der Waals surface area contributed by atoms with Gasteiger partial charge in [0.2, 0.25) is 0 Å². The number of hydrogen-bond acceptors (Lipinski definition) is 7. The van der Waals surface area contributed by atoms with E-state index >= 15 is 0 Å². The summed E-state index contributed by atoms with van der Waals surface area (Å²) < 4.78 is 6.96. The molecule has 0 spiro atoms. The molecule has 0 fully saturated rings. The Balaban J connectivity index is 2.64. The van der Waals surface area contributed by atoms with E-state index in [1.54, 1.807) is 56.3 Å². The van der Waals surface area contributed by atoms with Crippen molar-refractivity contribution in [3.05, 3.63) is 43.8 Å². The number of benzene rings is 1. The topological polar surface area (TPSA) is 95.6 Å². The number of anilines is 1. The van der Waals surface area contributed by atoms with Crippen molar-refractivity contribution in [1.82, 2.24) is 4.57 Å². The molecule has 26 heavy (non-hydrogen) atoms. The molecule has 1 aromatic carbocycles. The maximum Gasteiger partial charge on any atom is 0.351 e. The molecule has 2 rings (SSSR count). The Hall–Kier alpha value is -3.05. The maximum atomic E-state index is 12.6. The first-order valence-corrected chi connectivity index (χ1v) is 8.79. The van der Waals surface area contributed by atoms with Gasteiger partial charge in [-0.1, -0.05) is 0 Å². The van der Waals surface area contributed by atoms with Crippen LogP contribution in [0.4, 0.5) is 5.69 Å². The summed E-state index contributed by atoms with van der Waals surface area (Å²) >= 11 is 1.07. The van der Waals surface area contributed by atoms with E-state index in [0.29, 0.717) is 11.1 Å². The number of phenolic OH excluding ortho intramolecular Hbond substituents is 1. The van der Waals surface area contributed by atoms with Crippen molar-refractivity contribution < 1.29 is 14.6 Å². The second-order valence-corrected chi connectivity index (χ2v) is 6.32. The minimum Gasteiger partial charge on any atom is -0.508 e. The molecule has 7 nitrogen and oxygen atoms in total. The molecule has 1 aromatic heterocycles. The average Bonchev–Trinajstić information content (AvgIpc) is 2.92. The number of carbonyl (C=O) groups excluding carboxylic acids is 1. The summed E-state index contributed by atoms with van der Waals surface area (Å²) in [5, 5.41) is 18.7. The van der Waals surface area contributed by atoms with Gasteiger partial charge in [0.1, 0.15) is 21.0 Å². The minimum atomic E-state index is -0.739. The molecule has 136 valence electrons. The highest BCUT2D eigenvalue weighted by atomic mass is 32.1. The summed E-state index contributed by atoms with van der Waals surface area (Å²) in [6.45, 7) is 3.89. The Kier molecular flexibility index (Phi) is 6.20. The van der Waals surface area contributed by atoms with Crippen molar-refractivity contribution in [2.45, 2.75) is 20.4 Å². The maximum absolute atomic E-state index is 12.6. The third-order valence-corrected chi connectivity index (χ3v) is 4.71. The van der Waals surface area contributed by atoms with Gasteiger partial charge >= 0.3 is 5.97 Å². The number of ether oxygens (including phenoxy) is 1. The largest absolute Gasteiger partial charge is 0.508 e. The summed E-state index contributed by atoms with van der Waals surface area (Å²) in [6, 6.07) is 8.37. The summed E-state index contributed by atoms with van der Waals surface area (Å²) in [5.74, 6) is -0.589. The number of thiazole rings is 1. The number of nitriles is 1. The van der Waals surface area contributed by atoms with Crippen molar-refractivity contribution >= 4 is 34.8 Å². The van der Waals surface area contributed by atoms with Crippen LogP contribution in [0.3, 0.4) is 0 Å². The molecule has 0 radical (unpaired) electrons. The van der Waals surface area contributed by atoms with Crippen LogP contribution in [0.15, 0.2) is 29.1 Å². The second-order valence-electron chi connectivity index (χ2n) is 5.28. The van der Waals surface area contributed by atoms with Crippen LogP contribution >= 0.6 is 11.3 Å². The van der Waals surface area contributed by atoms with Crippen LogP contribution in [0.5, 0.6) is 5.75 Å². The zero-order valence-corrected chi connectivity index (χ0v) is 15.5. The Bertz CT molecular complexity index is 1010. The van der Waals surface area contributed by atoms with E-state index in [-0.39, 0.29) is 28.2 Å². The fraction of sp³-hybridized carbons (Fsp3) is 0.278. The quantitative estimate of drug-likeness (QED) is 0.777. The summed E-state index contributed by atoms with van der Waals surface area (Å²) in [4.78, 5) is 26.4. The average molecular weight is 373 g/mol. The number of esters is 1. The van der Waals surface area contributed by atoms with Crippen molar-refractivity contribution in [3.8, 4) is 11.8 Å². The molecule has 2 aromatic rings. The molecule has 0 atom stereocenters. The number of carbonyl (C=O) groups is 1. The van der Waals surface area contributed by atoms with E-state index in [2.05, 4.69) is 0 Å². The molecule has 1 heterocycles. The van der Waals surface area contributed by atoms with Crippen molar-refractivity contribution in [2.75, 3.05) is 18.6 Å². The van der Waals surface area contributed by atoms with E-state index in [0.717, 1.165) is 17.0 Å². The van der Waals surface area contributed by atoms with Gasteiger partial charge in [0.15, 0.2) is 5.57 Å². The van der Waals surface area contributed by atoms with Gasteiger partial charge in [0.25, 0.3) is 5.56 Å². The van der Waals surface area contributed by atoms with Crippen LogP contribution in [0, 0.1) is 11.3 Å². The van der Waals surface area contributed by atoms with Gasteiger partial charge in [0, 0.05) is 25.5 Å². The molecular weight excluding hydrogens is 354 g/mol. The lowest BCUT2D eigenvalue weighted by atomic mass is 10.3. The molecule has 0 unspecified atom stereocenters. The van der Waals surface area contributed by atoms with Gasteiger partial charge in [-0.25, -0.2) is 4.79 Å². The lowest BCUT2D eigenvalue weighted by Crippen LogP contribution is -2.33. The molecule has 0 aliphatic carbocycles. The predicted octanol–water partition coefficient (Wildman–Crippen LogP) is 0.747. The van der Waals surface area contributed by atoms with Gasteiger partial charge in [-0.05, 0) is 38.1 Å². The van der Waals surface area contributed by atoms with Crippen molar-refractivity contribution in [3.63, 3.8) is 0 Å². The predicted molar refractivity (Wildman–Crippen MR) is 100 cm³/mol. The Morgan fingerprint density at radius 1 is 1.38 bits per heavy atom. The molecule has 0 bridgehead atoms. The normalized spacial score (nSPS) is 12.5. The molecule has 8 heteroatoms. The van der Waals surface area contributed by atoms with Crippen LogP contribution in [-0.2, 0) is 16.1 Å². The van der Waals surface area contributed by atoms with Crippen LogP contribution in [0.1, 0.15) is 13.8 Å². The fourth-order valence-corrected chi connectivity index (χ4v) is 3.48. The van der Waals surface area contributed by atoms with Gasteiger partial charge < -0.3 is 14.7 Å². The van der Waals surface area contributed by atoms with Gasteiger partial charge in [-0.15, -0.1) is 11.3 Å². The lowest BCUT2D eigenvalue weighted by Gasteiger charge is -2.12. The number of aromatic hydroxyl groups is 1. The summed E-state index contributed by atoms with van der Waals surface area (Å²) in [6.07, 6.45) is 1.63. The molecule has 0 saturated heterocycles. The van der Waals surface area contributed by atoms with Gasteiger partial charge in [-0.3, -0.25) is 9.36 Å². The molecule has 0 saturated carbocycles.